The van der Waals surface area contributed by atoms with Gasteiger partial charge in [0.15, 0.2) is 5.82 Å². The van der Waals surface area contributed by atoms with Crippen molar-refractivity contribution in [1.29, 1.82) is 0 Å². The van der Waals surface area contributed by atoms with Gasteiger partial charge in [-0.3, -0.25) is 14.6 Å². The number of aromatic nitrogens is 5. The fourth-order valence-electron chi connectivity index (χ4n) is 5.06. The molecular formula is C24H33N7O2. The molecule has 1 N–H and O–H groups in total. The lowest BCUT2D eigenvalue weighted by Crippen LogP contribution is -2.41. The summed E-state index contributed by atoms with van der Waals surface area (Å²) >= 11 is 0. The van der Waals surface area contributed by atoms with E-state index in [-0.39, 0.29) is 5.56 Å². The second-order valence-corrected chi connectivity index (χ2v) is 9.31. The minimum atomic E-state index is -0.0245. The van der Waals surface area contributed by atoms with Gasteiger partial charge in [0.05, 0.1) is 31.3 Å². The highest BCUT2D eigenvalue weighted by molar-refractivity contribution is 5.81. The lowest BCUT2D eigenvalue weighted by molar-refractivity contribution is 0.0322. The van der Waals surface area contributed by atoms with Crippen LogP contribution in [0.4, 0.5) is 0 Å². The number of rotatable bonds is 8. The summed E-state index contributed by atoms with van der Waals surface area (Å²) in [7, 11) is 0. The highest BCUT2D eigenvalue weighted by Crippen LogP contribution is 2.29. The zero-order valence-electron chi connectivity index (χ0n) is 19.4. The first kappa shape index (κ1) is 22.2. The van der Waals surface area contributed by atoms with E-state index < -0.39 is 0 Å². The summed E-state index contributed by atoms with van der Waals surface area (Å²) in [4.78, 5) is 20.8. The number of hydrogen-bond acceptors (Lipinski definition) is 7. The summed E-state index contributed by atoms with van der Waals surface area (Å²) < 4.78 is 7.51. The highest BCUT2D eigenvalue weighted by Gasteiger charge is 2.23. The van der Waals surface area contributed by atoms with Crippen LogP contribution in [0.2, 0.25) is 0 Å². The van der Waals surface area contributed by atoms with Crippen molar-refractivity contribution in [3.63, 3.8) is 0 Å². The first-order valence-corrected chi connectivity index (χ1v) is 12.1. The predicted octanol–water partition coefficient (Wildman–Crippen LogP) is 2.27. The van der Waals surface area contributed by atoms with Gasteiger partial charge in [0.25, 0.3) is 5.56 Å². The molecule has 1 aliphatic heterocycles. The number of pyridine rings is 1. The SMILES string of the molecule is Cc1cccc2cc(CN(CCN3CCOCC3)Cc3nnnn3C3CCCC3)c(=O)[nH]c12. The van der Waals surface area contributed by atoms with Crippen LogP contribution in [0, 0.1) is 6.92 Å². The Morgan fingerprint density at radius 2 is 2.00 bits per heavy atom. The Hall–Kier alpha value is -2.62. The predicted molar refractivity (Wildman–Crippen MR) is 126 cm³/mol. The number of aryl methyl sites for hydroxylation is 1. The summed E-state index contributed by atoms with van der Waals surface area (Å²) in [5, 5.41) is 13.7. The van der Waals surface area contributed by atoms with E-state index in [9.17, 15) is 4.79 Å². The molecule has 1 aromatic carbocycles. The Bertz CT molecular complexity index is 1130. The molecule has 2 aliphatic rings. The van der Waals surface area contributed by atoms with E-state index in [1.807, 2.05) is 29.8 Å². The number of para-hydroxylation sites is 1. The van der Waals surface area contributed by atoms with Crippen LogP contribution in [0.1, 0.15) is 48.7 Å². The van der Waals surface area contributed by atoms with E-state index in [0.29, 0.717) is 19.1 Å². The topological polar surface area (TPSA) is 92.2 Å². The number of nitrogens with zero attached hydrogens (tertiary/aromatic N) is 6. The van der Waals surface area contributed by atoms with Gasteiger partial charge < -0.3 is 9.72 Å². The molecule has 2 aromatic heterocycles. The number of morpholine rings is 1. The zero-order chi connectivity index (χ0) is 22.6. The molecule has 3 aromatic rings. The average Bonchev–Trinajstić information content (AvgIpc) is 3.51. The standard InChI is InChI=1S/C24H33N7O2/c1-18-5-4-6-19-15-20(24(32)25-23(18)19)16-30(10-9-29-11-13-33-14-12-29)17-22-26-27-28-31(22)21-7-2-3-8-21/h4-6,15,21H,2-3,7-14,16-17H2,1H3,(H,25,32). The van der Waals surface area contributed by atoms with Gasteiger partial charge in [-0.05, 0) is 47.2 Å². The van der Waals surface area contributed by atoms with Crippen molar-refractivity contribution in [2.45, 2.75) is 51.7 Å². The maximum absolute atomic E-state index is 13.0. The first-order chi connectivity index (χ1) is 16.2. The third-order valence-corrected chi connectivity index (χ3v) is 6.99. The normalized spacial score (nSPS) is 18.0. The quantitative estimate of drug-likeness (QED) is 0.562. The van der Waals surface area contributed by atoms with Crippen molar-refractivity contribution in [3.8, 4) is 0 Å². The Labute approximate surface area is 193 Å². The molecule has 0 atom stereocenters. The van der Waals surface area contributed by atoms with Crippen molar-refractivity contribution >= 4 is 10.9 Å². The maximum Gasteiger partial charge on any atom is 0.252 e. The monoisotopic (exact) mass is 451 g/mol. The fraction of sp³-hybridized carbons (Fsp3) is 0.583. The van der Waals surface area contributed by atoms with Crippen molar-refractivity contribution in [2.75, 3.05) is 39.4 Å². The molecule has 9 nitrogen and oxygen atoms in total. The van der Waals surface area contributed by atoms with E-state index in [1.54, 1.807) is 0 Å². The number of nitrogens with one attached hydrogen (secondary N) is 1. The average molecular weight is 452 g/mol. The molecular weight excluding hydrogens is 418 g/mol. The number of benzene rings is 1. The zero-order valence-corrected chi connectivity index (χ0v) is 19.4. The molecule has 0 unspecified atom stereocenters. The number of aromatic amines is 1. The Kier molecular flexibility index (Phi) is 6.80. The van der Waals surface area contributed by atoms with Crippen LogP contribution in [-0.2, 0) is 17.8 Å². The molecule has 9 heteroatoms. The Balaban J connectivity index is 1.38. The summed E-state index contributed by atoms with van der Waals surface area (Å²) in [5.41, 5.74) is 2.74. The van der Waals surface area contributed by atoms with Crippen LogP contribution in [0.15, 0.2) is 29.1 Å². The van der Waals surface area contributed by atoms with Crippen LogP contribution in [0.5, 0.6) is 0 Å². The lowest BCUT2D eigenvalue weighted by Gasteiger charge is -2.30. The van der Waals surface area contributed by atoms with Gasteiger partial charge in [-0.15, -0.1) is 5.10 Å². The molecule has 3 heterocycles. The van der Waals surface area contributed by atoms with Gasteiger partial charge in [0.1, 0.15) is 0 Å². The van der Waals surface area contributed by atoms with E-state index in [2.05, 4.69) is 36.4 Å². The summed E-state index contributed by atoms with van der Waals surface area (Å²) in [6.07, 6.45) is 4.73. The van der Waals surface area contributed by atoms with Gasteiger partial charge in [-0.1, -0.05) is 31.0 Å². The summed E-state index contributed by atoms with van der Waals surface area (Å²) in [6.45, 7) is 8.43. The van der Waals surface area contributed by atoms with Crippen LogP contribution >= 0.6 is 0 Å². The number of fused-ring (bicyclic) bond motifs is 1. The molecule has 33 heavy (non-hydrogen) atoms. The second kappa shape index (κ2) is 10.1. The third kappa shape index (κ3) is 5.15. The molecule has 1 saturated carbocycles. The van der Waals surface area contributed by atoms with Gasteiger partial charge in [-0.2, -0.15) is 0 Å². The van der Waals surface area contributed by atoms with Crippen molar-refractivity contribution in [2.24, 2.45) is 0 Å². The van der Waals surface area contributed by atoms with E-state index in [1.165, 1.54) is 12.8 Å². The van der Waals surface area contributed by atoms with Crippen molar-refractivity contribution in [1.82, 2.24) is 35.0 Å². The van der Waals surface area contributed by atoms with E-state index >= 15 is 0 Å². The number of hydrogen-bond donors (Lipinski definition) is 1. The number of tetrazole rings is 1. The molecule has 1 saturated heterocycles. The molecule has 0 amide bonds. The highest BCUT2D eigenvalue weighted by atomic mass is 16.5. The molecule has 0 spiro atoms. The first-order valence-electron chi connectivity index (χ1n) is 12.1. The second-order valence-electron chi connectivity index (χ2n) is 9.31. The minimum Gasteiger partial charge on any atom is -0.379 e. The molecule has 0 radical (unpaired) electrons. The van der Waals surface area contributed by atoms with Gasteiger partial charge in [0.2, 0.25) is 0 Å². The molecule has 176 valence electrons. The van der Waals surface area contributed by atoms with Gasteiger partial charge in [-0.25, -0.2) is 4.68 Å². The fourth-order valence-corrected chi connectivity index (χ4v) is 5.06. The smallest absolute Gasteiger partial charge is 0.252 e. The van der Waals surface area contributed by atoms with Crippen LogP contribution in [0.3, 0.4) is 0 Å². The summed E-state index contributed by atoms with van der Waals surface area (Å²) in [5.74, 6) is 0.886. The largest absolute Gasteiger partial charge is 0.379 e. The van der Waals surface area contributed by atoms with Crippen LogP contribution in [-0.4, -0.2) is 74.4 Å². The van der Waals surface area contributed by atoms with Crippen molar-refractivity contribution in [3.05, 3.63) is 51.6 Å². The molecule has 5 rings (SSSR count). The van der Waals surface area contributed by atoms with E-state index in [4.69, 9.17) is 4.74 Å². The molecule has 1 aliphatic carbocycles. The summed E-state index contributed by atoms with van der Waals surface area (Å²) in [6, 6.07) is 8.54. The number of ether oxygens (including phenoxy) is 1. The Morgan fingerprint density at radius 1 is 1.18 bits per heavy atom. The molecule has 0 bridgehead atoms. The number of H-pyrrole nitrogens is 1. The lowest BCUT2D eigenvalue weighted by atomic mass is 10.1. The van der Waals surface area contributed by atoms with Gasteiger partial charge in [0, 0.05) is 38.3 Å². The molecule has 2 fully saturated rings. The van der Waals surface area contributed by atoms with Crippen LogP contribution in [0.25, 0.3) is 10.9 Å². The maximum atomic E-state index is 13.0. The minimum absolute atomic E-state index is 0.0245. The van der Waals surface area contributed by atoms with Crippen molar-refractivity contribution < 1.29 is 4.74 Å². The Morgan fingerprint density at radius 3 is 2.82 bits per heavy atom. The van der Waals surface area contributed by atoms with E-state index in [0.717, 1.165) is 80.1 Å². The van der Waals surface area contributed by atoms with Gasteiger partial charge >= 0.3 is 0 Å². The van der Waals surface area contributed by atoms with Crippen LogP contribution < -0.4 is 5.56 Å². The third-order valence-electron chi connectivity index (χ3n) is 6.99.